The molecule has 0 saturated carbocycles. The van der Waals surface area contributed by atoms with Gasteiger partial charge in [0.2, 0.25) is 5.91 Å². The number of piperidine rings is 1. The molecule has 1 amide bonds. The Morgan fingerprint density at radius 2 is 1.91 bits per heavy atom. The predicted molar refractivity (Wildman–Crippen MR) is 90.8 cm³/mol. The molecule has 4 nitrogen and oxygen atoms in total. The molecule has 122 valence electrons. The van der Waals surface area contributed by atoms with Crippen LogP contribution in [0.1, 0.15) is 25.3 Å². The van der Waals surface area contributed by atoms with E-state index in [9.17, 15) is 4.79 Å². The van der Waals surface area contributed by atoms with E-state index in [1.807, 2.05) is 14.0 Å². The van der Waals surface area contributed by atoms with Crippen molar-refractivity contribution in [2.24, 2.45) is 5.92 Å². The minimum Gasteiger partial charge on any atom is -0.353 e. The molecule has 1 aliphatic heterocycles. The average molecular weight is 303 g/mol. The molecule has 0 aliphatic carbocycles. The van der Waals surface area contributed by atoms with E-state index >= 15 is 0 Å². The van der Waals surface area contributed by atoms with Crippen molar-refractivity contribution < 1.29 is 4.79 Å². The minimum absolute atomic E-state index is 0.0190. The average Bonchev–Trinajstić information content (AvgIpc) is 2.56. The lowest BCUT2D eigenvalue weighted by atomic mass is 9.89. The summed E-state index contributed by atoms with van der Waals surface area (Å²) in [4.78, 5) is 14.4. The molecule has 0 bridgehead atoms. The number of hydrogen-bond acceptors (Lipinski definition) is 3. The predicted octanol–water partition coefficient (Wildman–Crippen LogP) is 1.67. The van der Waals surface area contributed by atoms with Crippen LogP contribution in [0.4, 0.5) is 0 Å². The third-order valence-electron chi connectivity index (χ3n) is 4.62. The van der Waals surface area contributed by atoms with Gasteiger partial charge in [-0.2, -0.15) is 0 Å². The first-order valence-corrected chi connectivity index (χ1v) is 8.41. The van der Waals surface area contributed by atoms with Gasteiger partial charge < -0.3 is 10.6 Å². The highest BCUT2D eigenvalue weighted by Crippen LogP contribution is 2.22. The van der Waals surface area contributed by atoms with Gasteiger partial charge >= 0.3 is 0 Å². The maximum absolute atomic E-state index is 12.1. The number of likely N-dealkylation sites (tertiary alicyclic amines) is 1. The van der Waals surface area contributed by atoms with Gasteiger partial charge in [0.05, 0.1) is 6.04 Å². The summed E-state index contributed by atoms with van der Waals surface area (Å²) in [5.74, 6) is 0.898. The highest BCUT2D eigenvalue weighted by Gasteiger charge is 2.26. The zero-order chi connectivity index (χ0) is 15.8. The molecule has 0 spiro atoms. The number of rotatable bonds is 7. The van der Waals surface area contributed by atoms with Gasteiger partial charge in [-0.3, -0.25) is 9.69 Å². The Hall–Kier alpha value is -1.39. The topological polar surface area (TPSA) is 44.4 Å². The second-order valence-electron chi connectivity index (χ2n) is 6.24. The van der Waals surface area contributed by atoms with Gasteiger partial charge in [-0.15, -0.1) is 0 Å². The Labute approximate surface area is 134 Å². The van der Waals surface area contributed by atoms with Crippen LogP contribution in [0.25, 0.3) is 0 Å². The molecule has 4 heteroatoms. The molecule has 1 saturated heterocycles. The number of hydrogen-bond donors (Lipinski definition) is 2. The summed E-state index contributed by atoms with van der Waals surface area (Å²) >= 11 is 0. The third kappa shape index (κ3) is 5.11. The van der Waals surface area contributed by atoms with Crippen LogP contribution in [0.15, 0.2) is 30.3 Å². The molecule has 1 heterocycles. The molecule has 2 rings (SSSR count). The first-order valence-electron chi connectivity index (χ1n) is 8.41. The van der Waals surface area contributed by atoms with E-state index in [-0.39, 0.29) is 11.9 Å². The summed E-state index contributed by atoms with van der Waals surface area (Å²) in [6.07, 6.45) is 3.53. The van der Waals surface area contributed by atoms with Crippen LogP contribution in [-0.2, 0) is 11.2 Å². The first kappa shape index (κ1) is 17.0. The second-order valence-corrected chi connectivity index (χ2v) is 6.24. The van der Waals surface area contributed by atoms with Crippen LogP contribution in [0.3, 0.4) is 0 Å². The van der Waals surface area contributed by atoms with Crippen LogP contribution >= 0.6 is 0 Å². The molecule has 22 heavy (non-hydrogen) atoms. The number of nitrogens with zero attached hydrogens (tertiary/aromatic N) is 1. The van der Waals surface area contributed by atoms with Gasteiger partial charge in [0.25, 0.3) is 0 Å². The summed E-state index contributed by atoms with van der Waals surface area (Å²) in [5.41, 5.74) is 1.43. The number of likely N-dealkylation sites (N-methyl/N-ethyl adjacent to an activating group) is 1. The van der Waals surface area contributed by atoms with Crippen LogP contribution in [0.2, 0.25) is 0 Å². The molecular weight excluding hydrogens is 274 g/mol. The fourth-order valence-electron chi connectivity index (χ4n) is 3.12. The van der Waals surface area contributed by atoms with E-state index in [1.165, 1.54) is 18.4 Å². The SMILES string of the molecule is CNCCNC(=O)C(C)N1CCC(Cc2ccccc2)CC1. The Balaban J connectivity index is 1.73. The van der Waals surface area contributed by atoms with E-state index in [0.29, 0.717) is 6.54 Å². The largest absolute Gasteiger partial charge is 0.353 e. The Kier molecular flexibility index (Phi) is 6.87. The van der Waals surface area contributed by atoms with Crippen molar-refractivity contribution in [1.29, 1.82) is 0 Å². The van der Waals surface area contributed by atoms with Gasteiger partial charge in [0.15, 0.2) is 0 Å². The van der Waals surface area contributed by atoms with Crippen molar-refractivity contribution in [2.45, 2.75) is 32.2 Å². The lowest BCUT2D eigenvalue weighted by Crippen LogP contribution is -2.49. The zero-order valence-corrected chi connectivity index (χ0v) is 13.8. The van der Waals surface area contributed by atoms with Gasteiger partial charge in [-0.1, -0.05) is 30.3 Å². The number of carbonyl (C=O) groups excluding carboxylic acids is 1. The first-order chi connectivity index (χ1) is 10.7. The zero-order valence-electron chi connectivity index (χ0n) is 13.8. The third-order valence-corrected chi connectivity index (χ3v) is 4.62. The van der Waals surface area contributed by atoms with Crippen LogP contribution < -0.4 is 10.6 Å². The maximum Gasteiger partial charge on any atom is 0.237 e. The van der Waals surface area contributed by atoms with E-state index < -0.39 is 0 Å². The van der Waals surface area contributed by atoms with Crippen LogP contribution in [-0.4, -0.2) is 50.1 Å². The minimum atomic E-state index is -0.0190. The van der Waals surface area contributed by atoms with Gasteiger partial charge in [0, 0.05) is 13.1 Å². The molecule has 2 N–H and O–H groups in total. The number of benzene rings is 1. The fraction of sp³-hybridized carbons (Fsp3) is 0.611. The molecular formula is C18H29N3O. The van der Waals surface area contributed by atoms with E-state index in [2.05, 4.69) is 45.9 Å². The fourth-order valence-corrected chi connectivity index (χ4v) is 3.12. The lowest BCUT2D eigenvalue weighted by Gasteiger charge is -2.35. The molecule has 0 aromatic heterocycles. The summed E-state index contributed by atoms with van der Waals surface area (Å²) < 4.78 is 0. The van der Waals surface area contributed by atoms with Crippen molar-refractivity contribution in [2.75, 3.05) is 33.2 Å². The highest BCUT2D eigenvalue weighted by molar-refractivity contribution is 5.81. The highest BCUT2D eigenvalue weighted by atomic mass is 16.2. The molecule has 1 atom stereocenters. The van der Waals surface area contributed by atoms with Crippen molar-refractivity contribution >= 4 is 5.91 Å². The Morgan fingerprint density at radius 3 is 2.55 bits per heavy atom. The van der Waals surface area contributed by atoms with Crippen molar-refractivity contribution in [3.8, 4) is 0 Å². The lowest BCUT2D eigenvalue weighted by molar-refractivity contribution is -0.126. The van der Waals surface area contributed by atoms with Crippen LogP contribution in [0, 0.1) is 5.92 Å². The number of amides is 1. The van der Waals surface area contributed by atoms with Crippen molar-refractivity contribution in [1.82, 2.24) is 15.5 Å². The molecule has 1 aliphatic rings. The monoisotopic (exact) mass is 303 g/mol. The molecule has 1 aromatic carbocycles. The Morgan fingerprint density at radius 1 is 1.23 bits per heavy atom. The van der Waals surface area contributed by atoms with Gasteiger partial charge in [0.1, 0.15) is 0 Å². The quantitative estimate of drug-likeness (QED) is 0.753. The number of carbonyl (C=O) groups is 1. The molecule has 1 aromatic rings. The van der Waals surface area contributed by atoms with Crippen LogP contribution in [0.5, 0.6) is 0 Å². The normalized spacial score (nSPS) is 18.1. The smallest absolute Gasteiger partial charge is 0.237 e. The summed E-state index contributed by atoms with van der Waals surface area (Å²) in [5, 5.41) is 6.03. The second kappa shape index (κ2) is 8.91. The van der Waals surface area contributed by atoms with Gasteiger partial charge in [-0.05, 0) is 57.8 Å². The molecule has 1 unspecified atom stereocenters. The van der Waals surface area contributed by atoms with Gasteiger partial charge in [-0.25, -0.2) is 0 Å². The summed E-state index contributed by atoms with van der Waals surface area (Å²) in [6.45, 7) is 5.59. The van der Waals surface area contributed by atoms with E-state index in [0.717, 1.165) is 32.0 Å². The summed E-state index contributed by atoms with van der Waals surface area (Å²) in [6, 6.07) is 10.7. The molecule has 0 radical (unpaired) electrons. The van der Waals surface area contributed by atoms with Crippen molar-refractivity contribution in [3.05, 3.63) is 35.9 Å². The molecule has 1 fully saturated rings. The number of nitrogens with one attached hydrogen (secondary N) is 2. The van der Waals surface area contributed by atoms with Crippen molar-refractivity contribution in [3.63, 3.8) is 0 Å². The standard InChI is InChI=1S/C18H29N3O/c1-15(18(22)20-11-10-19-2)21-12-8-17(9-13-21)14-16-6-4-3-5-7-16/h3-7,15,17,19H,8-14H2,1-2H3,(H,20,22). The summed E-state index contributed by atoms with van der Waals surface area (Å²) in [7, 11) is 1.90. The maximum atomic E-state index is 12.1. The van der Waals surface area contributed by atoms with E-state index in [1.54, 1.807) is 0 Å². The van der Waals surface area contributed by atoms with E-state index in [4.69, 9.17) is 0 Å². The Bertz CT molecular complexity index is 441.